The first kappa shape index (κ1) is 9.98. The Hall–Kier alpha value is -1.55. The molecule has 0 aliphatic carbocycles. The third-order valence-corrected chi connectivity index (χ3v) is 2.63. The van der Waals surface area contributed by atoms with Gasteiger partial charge in [-0.3, -0.25) is 4.98 Å². The molecule has 15 heavy (non-hydrogen) atoms. The predicted molar refractivity (Wildman–Crippen MR) is 57.0 cm³/mol. The second-order valence-corrected chi connectivity index (χ2v) is 3.56. The number of aromatic nitrogens is 1. The predicted octanol–water partition coefficient (Wildman–Crippen LogP) is 1.61. The Morgan fingerprint density at radius 3 is 3.00 bits per heavy atom. The quantitative estimate of drug-likeness (QED) is 0.803. The Balaban J connectivity index is 2.49. The summed E-state index contributed by atoms with van der Waals surface area (Å²) >= 11 is 0. The molecule has 0 spiro atoms. The third kappa shape index (κ3) is 1.80. The number of nitrogens with one attached hydrogen (secondary N) is 1. The van der Waals surface area contributed by atoms with Crippen LogP contribution in [-0.2, 0) is 0 Å². The lowest BCUT2D eigenvalue weighted by atomic mass is 9.97. The molecule has 4 nitrogen and oxygen atoms in total. The van der Waals surface area contributed by atoms with Gasteiger partial charge in [-0.1, -0.05) is 13.0 Å². The number of fused-ring (bicyclic) bond motifs is 1. The van der Waals surface area contributed by atoms with Crippen LogP contribution in [-0.4, -0.2) is 16.7 Å². The van der Waals surface area contributed by atoms with E-state index in [-0.39, 0.29) is 12.5 Å². The van der Waals surface area contributed by atoms with Crippen LogP contribution < -0.4 is 5.76 Å². The average molecular weight is 207 g/mol. The summed E-state index contributed by atoms with van der Waals surface area (Å²) in [4.78, 5) is 13.5. The van der Waals surface area contributed by atoms with Crippen LogP contribution in [0.15, 0.2) is 27.4 Å². The van der Waals surface area contributed by atoms with Crippen molar-refractivity contribution in [1.29, 1.82) is 0 Å². The van der Waals surface area contributed by atoms with Gasteiger partial charge in [-0.15, -0.1) is 0 Å². The lowest BCUT2D eigenvalue weighted by molar-refractivity contribution is 0.262. The van der Waals surface area contributed by atoms with Crippen molar-refractivity contribution in [3.8, 4) is 0 Å². The highest BCUT2D eigenvalue weighted by molar-refractivity contribution is 5.72. The lowest BCUT2D eigenvalue weighted by Crippen LogP contribution is -2.01. The van der Waals surface area contributed by atoms with Gasteiger partial charge in [-0.05, 0) is 24.1 Å². The zero-order valence-corrected chi connectivity index (χ0v) is 8.49. The summed E-state index contributed by atoms with van der Waals surface area (Å²) in [5.74, 6) is -0.339. The molecule has 4 heteroatoms. The van der Waals surface area contributed by atoms with Crippen LogP contribution in [0.4, 0.5) is 0 Å². The first-order valence-corrected chi connectivity index (χ1v) is 4.98. The highest BCUT2D eigenvalue weighted by atomic mass is 16.4. The molecule has 2 N–H and O–H groups in total. The molecule has 0 radical (unpaired) electrons. The van der Waals surface area contributed by atoms with Gasteiger partial charge < -0.3 is 9.52 Å². The van der Waals surface area contributed by atoms with Crippen LogP contribution in [0.3, 0.4) is 0 Å². The molecule has 2 rings (SSSR count). The molecule has 0 amide bonds. The van der Waals surface area contributed by atoms with Crippen molar-refractivity contribution in [3.05, 3.63) is 34.3 Å². The van der Waals surface area contributed by atoms with E-state index in [9.17, 15) is 4.79 Å². The molecule has 0 aliphatic heterocycles. The Morgan fingerprint density at radius 1 is 1.53 bits per heavy atom. The molecule has 0 saturated carbocycles. The second-order valence-electron chi connectivity index (χ2n) is 3.56. The molecule has 1 aromatic carbocycles. The molecule has 1 aromatic heterocycles. The van der Waals surface area contributed by atoms with Gasteiger partial charge in [0, 0.05) is 12.5 Å². The van der Waals surface area contributed by atoms with Crippen molar-refractivity contribution in [2.45, 2.75) is 19.3 Å². The van der Waals surface area contributed by atoms with Crippen molar-refractivity contribution in [2.24, 2.45) is 0 Å². The number of aromatic amines is 1. The summed E-state index contributed by atoms with van der Waals surface area (Å²) < 4.78 is 4.95. The van der Waals surface area contributed by atoms with Gasteiger partial charge in [0.25, 0.3) is 0 Å². The minimum atomic E-state index is -0.445. The third-order valence-electron chi connectivity index (χ3n) is 2.63. The molecule has 0 saturated heterocycles. The van der Waals surface area contributed by atoms with Crippen LogP contribution in [0, 0.1) is 0 Å². The van der Waals surface area contributed by atoms with Crippen LogP contribution in [0.5, 0.6) is 0 Å². The fourth-order valence-corrected chi connectivity index (χ4v) is 1.69. The molecule has 0 fully saturated rings. The Kier molecular flexibility index (Phi) is 2.60. The van der Waals surface area contributed by atoms with Gasteiger partial charge in [-0.2, -0.15) is 0 Å². The van der Waals surface area contributed by atoms with Crippen molar-refractivity contribution in [2.75, 3.05) is 6.61 Å². The molecule has 80 valence electrons. The van der Waals surface area contributed by atoms with E-state index in [2.05, 4.69) is 4.98 Å². The number of hydrogen-bond donors (Lipinski definition) is 2. The standard InChI is InChI=1S/C11H13NO3/c1-2-7(6-13)8-3-4-9-10(5-8)15-11(14)12-9/h3-5,7,13H,2,6H2,1H3,(H,12,14). The van der Waals surface area contributed by atoms with E-state index in [4.69, 9.17) is 9.52 Å². The van der Waals surface area contributed by atoms with E-state index in [1.807, 2.05) is 13.0 Å². The molecular formula is C11H13NO3. The number of benzene rings is 1. The van der Waals surface area contributed by atoms with Gasteiger partial charge in [0.15, 0.2) is 5.58 Å². The van der Waals surface area contributed by atoms with Crippen LogP contribution in [0.2, 0.25) is 0 Å². The van der Waals surface area contributed by atoms with Crippen LogP contribution in [0.25, 0.3) is 11.1 Å². The molecule has 2 aromatic rings. The first-order valence-electron chi connectivity index (χ1n) is 4.98. The molecule has 0 bridgehead atoms. The van der Waals surface area contributed by atoms with Crippen molar-refractivity contribution in [1.82, 2.24) is 4.98 Å². The van der Waals surface area contributed by atoms with Gasteiger partial charge in [-0.25, -0.2) is 4.79 Å². The van der Waals surface area contributed by atoms with E-state index >= 15 is 0 Å². The highest BCUT2D eigenvalue weighted by Gasteiger charge is 2.10. The maximum absolute atomic E-state index is 10.9. The maximum atomic E-state index is 10.9. The van der Waals surface area contributed by atoms with E-state index < -0.39 is 5.76 Å². The van der Waals surface area contributed by atoms with Crippen LogP contribution >= 0.6 is 0 Å². The topological polar surface area (TPSA) is 66.2 Å². The largest absolute Gasteiger partial charge is 0.417 e. The summed E-state index contributed by atoms with van der Waals surface area (Å²) in [6.45, 7) is 2.12. The molecule has 0 aliphatic rings. The van der Waals surface area contributed by atoms with Crippen molar-refractivity contribution in [3.63, 3.8) is 0 Å². The number of aliphatic hydroxyl groups excluding tert-OH is 1. The number of oxazole rings is 1. The summed E-state index contributed by atoms with van der Waals surface area (Å²) in [5, 5.41) is 9.16. The van der Waals surface area contributed by atoms with E-state index in [0.29, 0.717) is 11.1 Å². The summed E-state index contributed by atoms with van der Waals surface area (Å²) in [5.41, 5.74) is 2.23. The number of aliphatic hydroxyl groups is 1. The first-order chi connectivity index (χ1) is 7.24. The van der Waals surface area contributed by atoms with Crippen LogP contribution in [0.1, 0.15) is 24.8 Å². The Morgan fingerprint density at radius 2 is 2.33 bits per heavy atom. The number of H-pyrrole nitrogens is 1. The fraction of sp³-hybridized carbons (Fsp3) is 0.364. The zero-order valence-electron chi connectivity index (χ0n) is 8.49. The van der Waals surface area contributed by atoms with E-state index in [1.165, 1.54) is 0 Å². The average Bonchev–Trinajstić information content (AvgIpc) is 2.59. The van der Waals surface area contributed by atoms with E-state index in [1.54, 1.807) is 12.1 Å². The second kappa shape index (κ2) is 3.90. The Labute approximate surface area is 86.5 Å². The monoisotopic (exact) mass is 207 g/mol. The minimum Gasteiger partial charge on any atom is -0.408 e. The molecule has 1 atom stereocenters. The van der Waals surface area contributed by atoms with Gasteiger partial charge >= 0.3 is 5.76 Å². The zero-order chi connectivity index (χ0) is 10.8. The lowest BCUT2D eigenvalue weighted by Gasteiger charge is -2.10. The van der Waals surface area contributed by atoms with Gasteiger partial charge in [0.1, 0.15) is 0 Å². The highest BCUT2D eigenvalue weighted by Crippen LogP contribution is 2.22. The van der Waals surface area contributed by atoms with Gasteiger partial charge in [0.2, 0.25) is 0 Å². The SMILES string of the molecule is CCC(CO)c1ccc2[nH]c(=O)oc2c1. The van der Waals surface area contributed by atoms with Crippen molar-refractivity contribution >= 4 is 11.1 Å². The molecule has 1 heterocycles. The Bertz CT molecular complexity index is 508. The van der Waals surface area contributed by atoms with Crippen molar-refractivity contribution < 1.29 is 9.52 Å². The number of rotatable bonds is 3. The summed E-state index contributed by atoms with van der Waals surface area (Å²) in [6, 6.07) is 5.50. The smallest absolute Gasteiger partial charge is 0.408 e. The summed E-state index contributed by atoms with van der Waals surface area (Å²) in [7, 11) is 0. The maximum Gasteiger partial charge on any atom is 0.417 e. The minimum absolute atomic E-state index is 0.106. The molecule has 1 unspecified atom stereocenters. The number of hydrogen-bond acceptors (Lipinski definition) is 3. The fourth-order valence-electron chi connectivity index (χ4n) is 1.69. The van der Waals surface area contributed by atoms with Gasteiger partial charge in [0.05, 0.1) is 5.52 Å². The van der Waals surface area contributed by atoms with E-state index in [0.717, 1.165) is 12.0 Å². The normalized spacial score (nSPS) is 13.2. The molecular weight excluding hydrogens is 194 g/mol. The summed E-state index contributed by atoms with van der Waals surface area (Å²) in [6.07, 6.45) is 0.858.